The molecule has 14 nitrogen and oxygen atoms in total. The number of alkyl carbamates (subject to hydrolysis) is 2. The number of carbonyl (C=O) groups excluding carboxylic acids is 4. The quantitative estimate of drug-likeness (QED) is 0.0274. The molecule has 2 N–H and O–H groups in total. The predicted octanol–water partition coefficient (Wildman–Crippen LogP) is 5.17. The van der Waals surface area contributed by atoms with Gasteiger partial charge in [0.25, 0.3) is 12.5 Å². The van der Waals surface area contributed by atoms with Gasteiger partial charge in [-0.2, -0.15) is 10.5 Å². The van der Waals surface area contributed by atoms with Crippen LogP contribution in [0.2, 0.25) is 0 Å². The summed E-state index contributed by atoms with van der Waals surface area (Å²) in [6.45, 7) is 3.60. The number of rotatable bonds is 29. The van der Waals surface area contributed by atoms with Crippen LogP contribution in [0, 0.1) is 28.4 Å². The van der Waals surface area contributed by atoms with Crippen LogP contribution in [-0.4, -0.2) is 76.9 Å². The summed E-state index contributed by atoms with van der Waals surface area (Å²) < 4.78 is 25.7. The molecule has 0 aromatic rings. The highest BCUT2D eigenvalue weighted by atomic mass is 16.6. The van der Waals surface area contributed by atoms with Crippen molar-refractivity contribution in [1.82, 2.24) is 10.6 Å². The van der Waals surface area contributed by atoms with Gasteiger partial charge in [-0.15, -0.1) is 0 Å². The van der Waals surface area contributed by atoms with E-state index in [1.54, 1.807) is 12.5 Å². The van der Waals surface area contributed by atoms with E-state index in [-0.39, 0.29) is 32.2 Å². The summed E-state index contributed by atoms with van der Waals surface area (Å²) >= 11 is 0. The third-order valence-corrected chi connectivity index (χ3v) is 7.04. The molecule has 0 aromatic carbocycles. The van der Waals surface area contributed by atoms with Gasteiger partial charge in [0.2, 0.25) is 6.08 Å². The lowest BCUT2D eigenvalue weighted by molar-refractivity contribution is -0.150. The monoisotopic (exact) mass is 637 g/mol. The zero-order chi connectivity index (χ0) is 33.3. The lowest BCUT2D eigenvalue weighted by Crippen LogP contribution is -2.41. The van der Waals surface area contributed by atoms with E-state index in [1.165, 1.54) is 6.08 Å². The minimum atomic E-state index is -0.926. The number of esters is 1. The average molecular weight is 638 g/mol. The Balaban J connectivity index is 4.71. The van der Waals surface area contributed by atoms with Gasteiger partial charge in [-0.1, -0.05) is 45.4 Å². The lowest BCUT2D eigenvalue weighted by atomic mass is 9.88. The average Bonchev–Trinajstić information content (AvgIpc) is 3.04. The molecule has 0 heterocycles. The minimum absolute atomic E-state index is 0.0809. The van der Waals surface area contributed by atoms with Crippen molar-refractivity contribution in [3.63, 3.8) is 0 Å². The number of nitrogens with one attached hydrogen (secondary N) is 2. The Kier molecular flexibility index (Phi) is 27.3. The van der Waals surface area contributed by atoms with Crippen LogP contribution >= 0.6 is 0 Å². The highest BCUT2D eigenvalue weighted by Gasteiger charge is 2.34. The van der Waals surface area contributed by atoms with Crippen LogP contribution in [0.1, 0.15) is 103 Å². The number of hydrogen-bond acceptors (Lipinski definition) is 12. The normalized spacial score (nSPS) is 11.4. The van der Waals surface area contributed by atoms with Crippen molar-refractivity contribution in [2.45, 2.75) is 103 Å². The molecule has 1 atom stereocenters. The first-order valence-electron chi connectivity index (χ1n) is 15.9. The molecule has 254 valence electrons. The Bertz CT molecular complexity index is 883. The maximum absolute atomic E-state index is 12.5. The molecule has 0 bridgehead atoms. The van der Waals surface area contributed by atoms with Crippen molar-refractivity contribution in [1.29, 1.82) is 10.5 Å². The molecule has 0 saturated carbocycles. The molecule has 1 unspecified atom stereocenters. The molecule has 45 heavy (non-hydrogen) atoms. The molecule has 0 aliphatic carbocycles. The number of aliphatic imine (C=N–C) groups is 1. The van der Waals surface area contributed by atoms with Crippen molar-refractivity contribution in [3.05, 3.63) is 0 Å². The Morgan fingerprint density at radius 1 is 0.667 bits per heavy atom. The summed E-state index contributed by atoms with van der Waals surface area (Å²) in [6, 6.07) is 0. The molecule has 0 rings (SSSR count). The van der Waals surface area contributed by atoms with Gasteiger partial charge < -0.3 is 34.3 Å². The van der Waals surface area contributed by atoms with Gasteiger partial charge in [-0.3, -0.25) is 4.79 Å². The lowest BCUT2D eigenvalue weighted by Gasteiger charge is -2.31. The van der Waals surface area contributed by atoms with Gasteiger partial charge in [0.05, 0.1) is 12.0 Å². The van der Waals surface area contributed by atoms with Crippen LogP contribution < -0.4 is 10.6 Å². The number of ether oxygens (including phenoxy) is 5. The van der Waals surface area contributed by atoms with Crippen LogP contribution in [0.15, 0.2) is 4.99 Å². The van der Waals surface area contributed by atoms with E-state index < -0.39 is 17.6 Å². The standard InChI is InChI=1S/C31H51N5O9/c1-2-31(22-43-28(38)16-10-4-3-8-14-20-41-25-32,23-44-29(39)35-18-12-6-5-11-17-34-27-37)24-45-30(40)36-19-13-7-9-15-21-42-26-33/h2-24H2,1H3,(H,35,39)(H,36,40). The number of isocyanates is 1. The molecule has 0 aliphatic heterocycles. The fourth-order valence-corrected chi connectivity index (χ4v) is 4.09. The van der Waals surface area contributed by atoms with Crippen LogP contribution in [0.4, 0.5) is 9.59 Å². The number of carbonyl (C=O) groups is 3. The smallest absolute Gasteiger partial charge is 0.407 e. The Morgan fingerprint density at radius 3 is 1.64 bits per heavy atom. The highest BCUT2D eigenvalue weighted by molar-refractivity contribution is 5.69. The van der Waals surface area contributed by atoms with Gasteiger partial charge in [0.1, 0.15) is 33.0 Å². The molecule has 0 fully saturated rings. The summed E-state index contributed by atoms with van der Waals surface area (Å²) in [5.41, 5.74) is -0.926. The van der Waals surface area contributed by atoms with Gasteiger partial charge in [-0.25, -0.2) is 19.4 Å². The summed E-state index contributed by atoms with van der Waals surface area (Å²) in [6.07, 6.45) is 14.8. The third kappa shape index (κ3) is 26.1. The van der Waals surface area contributed by atoms with Crippen molar-refractivity contribution < 1.29 is 42.9 Å². The van der Waals surface area contributed by atoms with Crippen molar-refractivity contribution >= 4 is 24.2 Å². The van der Waals surface area contributed by atoms with Crippen LogP contribution in [0.3, 0.4) is 0 Å². The number of nitriles is 2. The Labute approximate surface area is 267 Å². The van der Waals surface area contributed by atoms with Gasteiger partial charge in [0.15, 0.2) is 0 Å². The van der Waals surface area contributed by atoms with E-state index in [0.29, 0.717) is 45.7 Å². The Hall–Kier alpha value is -4.03. The summed E-state index contributed by atoms with van der Waals surface area (Å²) in [4.78, 5) is 50.8. The van der Waals surface area contributed by atoms with Gasteiger partial charge in [0, 0.05) is 19.5 Å². The summed E-state index contributed by atoms with van der Waals surface area (Å²) in [5.74, 6) is -0.381. The fraction of sp³-hybridized carbons (Fsp3) is 0.806. The van der Waals surface area contributed by atoms with Crippen molar-refractivity contribution in [2.24, 2.45) is 10.4 Å². The zero-order valence-electron chi connectivity index (χ0n) is 26.8. The molecule has 14 heteroatoms. The van der Waals surface area contributed by atoms with Crippen LogP contribution in [-0.2, 0) is 33.3 Å². The maximum Gasteiger partial charge on any atom is 0.407 e. The molecule has 2 amide bonds. The number of unbranched alkanes of at least 4 members (excludes halogenated alkanes) is 10. The second kappa shape index (κ2) is 30.0. The number of amides is 2. The largest absolute Gasteiger partial charge is 0.465 e. The molecule has 0 radical (unpaired) electrons. The first kappa shape index (κ1) is 41.0. The van der Waals surface area contributed by atoms with E-state index in [4.69, 9.17) is 24.7 Å². The van der Waals surface area contributed by atoms with Crippen molar-refractivity contribution in [2.75, 3.05) is 52.7 Å². The van der Waals surface area contributed by atoms with E-state index >= 15 is 0 Å². The van der Waals surface area contributed by atoms with E-state index in [9.17, 15) is 19.2 Å². The first-order valence-corrected chi connectivity index (χ1v) is 15.9. The second-order valence-corrected chi connectivity index (χ2v) is 10.7. The topological polar surface area (TPSA) is 198 Å². The minimum Gasteiger partial charge on any atom is -0.465 e. The summed E-state index contributed by atoms with van der Waals surface area (Å²) in [5, 5.41) is 22.1. The van der Waals surface area contributed by atoms with Gasteiger partial charge >= 0.3 is 18.2 Å². The fourth-order valence-electron chi connectivity index (χ4n) is 4.09. The zero-order valence-corrected chi connectivity index (χ0v) is 26.8. The predicted molar refractivity (Wildman–Crippen MR) is 163 cm³/mol. The molecule has 0 saturated heterocycles. The molecule has 0 aromatic heterocycles. The molecular formula is C31H51N5O9. The van der Waals surface area contributed by atoms with Gasteiger partial charge in [-0.05, 0) is 51.4 Å². The summed E-state index contributed by atoms with van der Waals surface area (Å²) in [7, 11) is 0. The number of hydrogen-bond donors (Lipinski definition) is 2. The van der Waals surface area contributed by atoms with E-state index in [2.05, 4.69) is 25.1 Å². The first-order chi connectivity index (χ1) is 21.9. The molecule has 0 aliphatic rings. The van der Waals surface area contributed by atoms with Crippen LogP contribution in [0.25, 0.3) is 0 Å². The second-order valence-electron chi connectivity index (χ2n) is 10.7. The van der Waals surface area contributed by atoms with Crippen LogP contribution in [0.5, 0.6) is 0 Å². The molecule has 0 spiro atoms. The maximum atomic E-state index is 12.5. The number of nitrogens with zero attached hydrogens (tertiary/aromatic N) is 3. The van der Waals surface area contributed by atoms with E-state index in [1.807, 2.05) is 6.92 Å². The molecular weight excluding hydrogens is 586 g/mol. The third-order valence-electron chi connectivity index (χ3n) is 7.04. The van der Waals surface area contributed by atoms with Crippen molar-refractivity contribution in [3.8, 4) is 12.5 Å². The highest BCUT2D eigenvalue weighted by Crippen LogP contribution is 2.25. The Morgan fingerprint density at radius 2 is 1.13 bits per heavy atom. The SMILES string of the molecule is CCC(COC(=O)CCCCCCCOC#N)(COC(=O)NCCCCCCN=C=O)COC(=O)NCCCCCCOC#N. The van der Waals surface area contributed by atoms with E-state index in [0.717, 1.165) is 77.0 Å².